The van der Waals surface area contributed by atoms with Gasteiger partial charge in [-0.25, -0.2) is 0 Å². The second-order valence-corrected chi connectivity index (χ2v) is 6.94. The highest BCUT2D eigenvalue weighted by atomic mass is 16.5. The first kappa shape index (κ1) is 18.6. The Hall–Kier alpha value is -2.20. The van der Waals surface area contributed by atoms with Crippen molar-refractivity contribution >= 4 is 5.69 Å². The number of rotatable bonds is 9. The summed E-state index contributed by atoms with van der Waals surface area (Å²) in [6.07, 6.45) is 2.49. The van der Waals surface area contributed by atoms with E-state index in [9.17, 15) is 0 Å². The molecule has 4 nitrogen and oxygen atoms in total. The minimum absolute atomic E-state index is 0.249. The Balaban J connectivity index is 1.39. The molecule has 0 spiro atoms. The Labute approximate surface area is 156 Å². The molecule has 0 aromatic heterocycles. The Morgan fingerprint density at radius 2 is 1.88 bits per heavy atom. The number of hydrogen-bond acceptors (Lipinski definition) is 4. The van der Waals surface area contributed by atoms with Gasteiger partial charge in [0, 0.05) is 18.8 Å². The van der Waals surface area contributed by atoms with Gasteiger partial charge in [0.05, 0.1) is 6.10 Å². The van der Waals surface area contributed by atoms with Crippen LogP contribution in [-0.2, 0) is 4.74 Å². The van der Waals surface area contributed by atoms with Gasteiger partial charge in [-0.1, -0.05) is 32.0 Å². The van der Waals surface area contributed by atoms with Crippen LogP contribution in [0.2, 0.25) is 0 Å². The van der Waals surface area contributed by atoms with Gasteiger partial charge in [-0.3, -0.25) is 0 Å². The molecular formula is C22H29NO3. The van der Waals surface area contributed by atoms with Crippen molar-refractivity contribution in [1.82, 2.24) is 0 Å². The van der Waals surface area contributed by atoms with Crippen molar-refractivity contribution in [3.05, 3.63) is 54.1 Å². The molecule has 3 rings (SSSR count). The van der Waals surface area contributed by atoms with E-state index in [1.54, 1.807) is 0 Å². The molecule has 1 saturated heterocycles. The molecule has 0 bridgehead atoms. The molecule has 1 heterocycles. The fourth-order valence-corrected chi connectivity index (χ4v) is 3.08. The van der Waals surface area contributed by atoms with Crippen LogP contribution in [0.1, 0.15) is 38.2 Å². The molecule has 2 aromatic carbocycles. The predicted octanol–water partition coefficient (Wildman–Crippen LogP) is 4.86. The van der Waals surface area contributed by atoms with Gasteiger partial charge in [-0.2, -0.15) is 0 Å². The summed E-state index contributed by atoms with van der Waals surface area (Å²) in [5, 5.41) is 3.38. The normalized spacial score (nSPS) is 16.7. The van der Waals surface area contributed by atoms with Crippen LogP contribution in [0.5, 0.6) is 11.5 Å². The zero-order valence-electron chi connectivity index (χ0n) is 15.7. The van der Waals surface area contributed by atoms with Crippen LogP contribution in [0, 0.1) is 0 Å². The molecule has 140 valence electrons. The summed E-state index contributed by atoms with van der Waals surface area (Å²) in [7, 11) is 0. The van der Waals surface area contributed by atoms with Crippen molar-refractivity contribution in [1.29, 1.82) is 0 Å². The van der Waals surface area contributed by atoms with Crippen LogP contribution in [0.4, 0.5) is 5.69 Å². The monoisotopic (exact) mass is 355 g/mol. The molecule has 0 amide bonds. The highest BCUT2D eigenvalue weighted by molar-refractivity contribution is 5.46. The molecule has 0 aliphatic carbocycles. The zero-order chi connectivity index (χ0) is 18.2. The van der Waals surface area contributed by atoms with Crippen LogP contribution < -0.4 is 14.8 Å². The minimum Gasteiger partial charge on any atom is -0.491 e. The van der Waals surface area contributed by atoms with E-state index >= 15 is 0 Å². The van der Waals surface area contributed by atoms with E-state index in [0.29, 0.717) is 19.1 Å². The van der Waals surface area contributed by atoms with Crippen LogP contribution in [0.25, 0.3) is 0 Å². The minimum atomic E-state index is 0.249. The van der Waals surface area contributed by atoms with E-state index in [1.807, 2.05) is 36.4 Å². The van der Waals surface area contributed by atoms with E-state index in [-0.39, 0.29) is 6.10 Å². The lowest BCUT2D eigenvalue weighted by molar-refractivity contribution is 0.0679. The third-order valence-corrected chi connectivity index (χ3v) is 4.54. The first-order chi connectivity index (χ1) is 12.7. The lowest BCUT2D eigenvalue weighted by atomic mass is 10.0. The molecule has 1 aliphatic heterocycles. The summed E-state index contributed by atoms with van der Waals surface area (Å²) in [5.41, 5.74) is 2.32. The Morgan fingerprint density at radius 1 is 1.08 bits per heavy atom. The third-order valence-electron chi connectivity index (χ3n) is 4.54. The SMILES string of the molecule is CC(C)c1ccccc1OCCNc1ccc(OCC2CCCO2)cc1. The first-order valence-electron chi connectivity index (χ1n) is 9.52. The van der Waals surface area contributed by atoms with Crippen LogP contribution in [0.3, 0.4) is 0 Å². The number of ether oxygens (including phenoxy) is 3. The van der Waals surface area contributed by atoms with Crippen molar-refractivity contribution in [2.45, 2.75) is 38.7 Å². The maximum Gasteiger partial charge on any atom is 0.122 e. The van der Waals surface area contributed by atoms with E-state index in [4.69, 9.17) is 14.2 Å². The molecular weight excluding hydrogens is 326 g/mol. The van der Waals surface area contributed by atoms with Gasteiger partial charge < -0.3 is 19.5 Å². The molecule has 1 fully saturated rings. The summed E-state index contributed by atoms with van der Waals surface area (Å²) >= 11 is 0. The number of benzene rings is 2. The number of para-hydroxylation sites is 1. The lowest BCUT2D eigenvalue weighted by Gasteiger charge is -2.15. The maximum absolute atomic E-state index is 5.94. The highest BCUT2D eigenvalue weighted by Crippen LogP contribution is 2.25. The van der Waals surface area contributed by atoms with Crippen molar-refractivity contribution in [3.63, 3.8) is 0 Å². The second kappa shape index (κ2) is 9.48. The lowest BCUT2D eigenvalue weighted by Crippen LogP contribution is -2.16. The van der Waals surface area contributed by atoms with E-state index in [1.165, 1.54) is 5.56 Å². The molecule has 1 aliphatic rings. The summed E-state index contributed by atoms with van der Waals surface area (Å²) < 4.78 is 17.3. The summed E-state index contributed by atoms with van der Waals surface area (Å²) in [5.74, 6) is 2.32. The fraction of sp³-hybridized carbons (Fsp3) is 0.455. The van der Waals surface area contributed by atoms with E-state index in [0.717, 1.165) is 43.2 Å². The predicted molar refractivity (Wildman–Crippen MR) is 105 cm³/mol. The van der Waals surface area contributed by atoms with Gasteiger partial charge in [0.25, 0.3) is 0 Å². The summed E-state index contributed by atoms with van der Waals surface area (Å²) in [6.45, 7) is 7.24. The molecule has 1 atom stereocenters. The molecule has 0 radical (unpaired) electrons. The largest absolute Gasteiger partial charge is 0.491 e. The fourth-order valence-electron chi connectivity index (χ4n) is 3.08. The van der Waals surface area contributed by atoms with Crippen molar-refractivity contribution in [3.8, 4) is 11.5 Å². The average molecular weight is 355 g/mol. The highest BCUT2D eigenvalue weighted by Gasteiger charge is 2.15. The Bertz CT molecular complexity index is 663. The van der Waals surface area contributed by atoms with Crippen LogP contribution in [-0.4, -0.2) is 32.5 Å². The summed E-state index contributed by atoms with van der Waals surface area (Å²) in [4.78, 5) is 0. The van der Waals surface area contributed by atoms with Crippen LogP contribution in [0.15, 0.2) is 48.5 Å². The molecule has 4 heteroatoms. The Kier molecular flexibility index (Phi) is 6.78. The molecule has 1 N–H and O–H groups in total. The quantitative estimate of drug-likeness (QED) is 0.652. The average Bonchev–Trinajstić information content (AvgIpc) is 3.18. The van der Waals surface area contributed by atoms with Crippen molar-refractivity contribution in [2.24, 2.45) is 0 Å². The van der Waals surface area contributed by atoms with Gasteiger partial charge in [0.2, 0.25) is 0 Å². The standard InChI is InChI=1S/C22H29NO3/c1-17(2)21-7-3-4-8-22(21)25-15-13-23-18-9-11-19(12-10-18)26-16-20-6-5-14-24-20/h3-4,7-12,17,20,23H,5-6,13-16H2,1-2H3. The maximum atomic E-state index is 5.94. The second-order valence-electron chi connectivity index (χ2n) is 6.94. The first-order valence-corrected chi connectivity index (χ1v) is 9.52. The number of anilines is 1. The molecule has 2 aromatic rings. The van der Waals surface area contributed by atoms with Gasteiger partial charge >= 0.3 is 0 Å². The smallest absolute Gasteiger partial charge is 0.122 e. The number of nitrogens with one attached hydrogen (secondary N) is 1. The summed E-state index contributed by atoms with van der Waals surface area (Å²) in [6, 6.07) is 16.3. The van der Waals surface area contributed by atoms with Crippen molar-refractivity contribution < 1.29 is 14.2 Å². The molecule has 0 saturated carbocycles. The molecule has 26 heavy (non-hydrogen) atoms. The van der Waals surface area contributed by atoms with E-state index < -0.39 is 0 Å². The van der Waals surface area contributed by atoms with Gasteiger partial charge in [0.15, 0.2) is 0 Å². The molecule has 1 unspecified atom stereocenters. The van der Waals surface area contributed by atoms with Gasteiger partial charge in [-0.05, 0) is 54.7 Å². The van der Waals surface area contributed by atoms with E-state index in [2.05, 4.69) is 31.3 Å². The Morgan fingerprint density at radius 3 is 2.62 bits per heavy atom. The van der Waals surface area contributed by atoms with Gasteiger partial charge in [0.1, 0.15) is 24.7 Å². The third kappa shape index (κ3) is 5.40. The zero-order valence-corrected chi connectivity index (χ0v) is 15.7. The topological polar surface area (TPSA) is 39.7 Å². The number of hydrogen-bond donors (Lipinski definition) is 1. The van der Waals surface area contributed by atoms with Gasteiger partial charge in [-0.15, -0.1) is 0 Å². The van der Waals surface area contributed by atoms with Crippen molar-refractivity contribution in [2.75, 3.05) is 31.7 Å². The van der Waals surface area contributed by atoms with Crippen LogP contribution >= 0.6 is 0 Å².